The maximum Gasteiger partial charge on any atom is 0.125 e. The third kappa shape index (κ3) is 5.52. The van der Waals surface area contributed by atoms with Crippen LogP contribution in [0.2, 0.25) is 0 Å². The molecular weight excluding hydrogens is 220 g/mol. The van der Waals surface area contributed by atoms with E-state index >= 15 is 0 Å². The second-order valence-corrected chi connectivity index (χ2v) is 6.50. The first kappa shape index (κ1) is 15.0. The molecule has 1 rings (SSSR count). The molecule has 18 heavy (non-hydrogen) atoms. The number of nitrogens with one attached hydrogen (secondary N) is 1. The summed E-state index contributed by atoms with van der Waals surface area (Å²) in [4.78, 5) is 4.47. The predicted octanol–water partition coefficient (Wildman–Crippen LogP) is 4.62. The molecule has 0 aliphatic rings. The average molecular weight is 248 g/mol. The lowest BCUT2D eigenvalue weighted by atomic mass is 9.88. The third-order valence-corrected chi connectivity index (χ3v) is 3.14. The number of rotatable bonds is 6. The first-order valence-electron chi connectivity index (χ1n) is 7.10. The van der Waals surface area contributed by atoms with Gasteiger partial charge in [-0.25, -0.2) is 4.98 Å². The molecule has 0 bridgehead atoms. The summed E-state index contributed by atoms with van der Waals surface area (Å²) in [7, 11) is 0. The molecule has 0 aliphatic heterocycles. The van der Waals surface area contributed by atoms with Gasteiger partial charge >= 0.3 is 0 Å². The number of unbranched alkanes of at least 4 members (excludes halogenated alkanes) is 1. The van der Waals surface area contributed by atoms with Crippen molar-refractivity contribution in [2.45, 2.75) is 59.3 Å². The van der Waals surface area contributed by atoms with E-state index in [0.717, 1.165) is 18.3 Å². The Hall–Kier alpha value is -1.05. The molecule has 0 radical (unpaired) electrons. The standard InChI is InChI=1S/C16H28N2/c1-13(2)8-6-7-11-17-15-10-9-14(12-18-15)16(3,4)5/h9-10,12-13H,6-8,11H2,1-5H3,(H,17,18). The van der Waals surface area contributed by atoms with Gasteiger partial charge in [0.1, 0.15) is 5.82 Å². The molecule has 2 heteroatoms. The van der Waals surface area contributed by atoms with E-state index in [9.17, 15) is 0 Å². The van der Waals surface area contributed by atoms with Crippen molar-refractivity contribution in [1.82, 2.24) is 4.98 Å². The highest BCUT2D eigenvalue weighted by Crippen LogP contribution is 2.21. The Balaban J connectivity index is 2.31. The topological polar surface area (TPSA) is 24.9 Å². The Labute approximate surface area is 112 Å². The molecule has 0 fully saturated rings. The quantitative estimate of drug-likeness (QED) is 0.743. The van der Waals surface area contributed by atoms with Crippen LogP contribution >= 0.6 is 0 Å². The van der Waals surface area contributed by atoms with E-state index in [1.54, 1.807) is 0 Å². The number of hydrogen-bond donors (Lipinski definition) is 1. The van der Waals surface area contributed by atoms with Crippen LogP contribution in [0.5, 0.6) is 0 Å². The van der Waals surface area contributed by atoms with E-state index in [-0.39, 0.29) is 5.41 Å². The Morgan fingerprint density at radius 1 is 1.17 bits per heavy atom. The van der Waals surface area contributed by atoms with Gasteiger partial charge in [0.25, 0.3) is 0 Å². The van der Waals surface area contributed by atoms with Crippen LogP contribution in [0.15, 0.2) is 18.3 Å². The fourth-order valence-corrected chi connectivity index (χ4v) is 1.84. The summed E-state index contributed by atoms with van der Waals surface area (Å²) in [5, 5.41) is 3.39. The number of nitrogens with zero attached hydrogens (tertiary/aromatic N) is 1. The molecule has 0 aromatic carbocycles. The first-order chi connectivity index (χ1) is 8.39. The molecule has 1 aromatic rings. The Bertz CT molecular complexity index is 333. The number of anilines is 1. The van der Waals surface area contributed by atoms with Crippen LogP contribution in [0.3, 0.4) is 0 Å². The summed E-state index contributed by atoms with van der Waals surface area (Å²) in [5.41, 5.74) is 1.47. The van der Waals surface area contributed by atoms with E-state index in [1.807, 2.05) is 6.20 Å². The second-order valence-electron chi connectivity index (χ2n) is 6.50. The number of aromatic nitrogens is 1. The molecule has 0 atom stereocenters. The van der Waals surface area contributed by atoms with Gasteiger partial charge in [-0.05, 0) is 29.4 Å². The molecule has 0 spiro atoms. The van der Waals surface area contributed by atoms with Gasteiger partial charge in [-0.3, -0.25) is 0 Å². The van der Waals surface area contributed by atoms with Crippen molar-refractivity contribution in [3.63, 3.8) is 0 Å². The van der Waals surface area contributed by atoms with Gasteiger partial charge in [0.05, 0.1) is 0 Å². The zero-order chi connectivity index (χ0) is 13.6. The summed E-state index contributed by atoms with van der Waals surface area (Å²) in [5.74, 6) is 1.81. The summed E-state index contributed by atoms with van der Waals surface area (Å²) < 4.78 is 0. The van der Waals surface area contributed by atoms with Crippen LogP contribution in [0.4, 0.5) is 5.82 Å². The van der Waals surface area contributed by atoms with Gasteiger partial charge in [-0.1, -0.05) is 53.5 Å². The normalized spacial score (nSPS) is 11.9. The zero-order valence-corrected chi connectivity index (χ0v) is 12.6. The highest BCUT2D eigenvalue weighted by atomic mass is 15.0. The molecule has 0 saturated carbocycles. The van der Waals surface area contributed by atoms with Gasteiger partial charge in [-0.15, -0.1) is 0 Å². The summed E-state index contributed by atoms with van der Waals surface area (Å²) in [6, 6.07) is 4.26. The van der Waals surface area contributed by atoms with Gasteiger partial charge in [0, 0.05) is 12.7 Å². The highest BCUT2D eigenvalue weighted by molar-refractivity contribution is 5.36. The van der Waals surface area contributed by atoms with Gasteiger partial charge < -0.3 is 5.32 Å². The van der Waals surface area contributed by atoms with Crippen molar-refractivity contribution >= 4 is 5.82 Å². The lowest BCUT2D eigenvalue weighted by molar-refractivity contribution is 0.544. The van der Waals surface area contributed by atoms with Crippen molar-refractivity contribution < 1.29 is 0 Å². The lowest BCUT2D eigenvalue weighted by Crippen LogP contribution is -2.12. The fraction of sp³-hybridized carbons (Fsp3) is 0.688. The average Bonchev–Trinajstić information content (AvgIpc) is 2.27. The molecule has 102 valence electrons. The van der Waals surface area contributed by atoms with E-state index in [2.05, 4.69) is 57.1 Å². The molecule has 1 heterocycles. The summed E-state index contributed by atoms with van der Waals surface area (Å²) in [6.07, 6.45) is 5.82. The molecule has 1 aromatic heterocycles. The minimum atomic E-state index is 0.183. The minimum absolute atomic E-state index is 0.183. The maximum atomic E-state index is 4.47. The molecule has 0 aliphatic carbocycles. The van der Waals surface area contributed by atoms with Crippen LogP contribution in [0.25, 0.3) is 0 Å². The van der Waals surface area contributed by atoms with Gasteiger partial charge in [0.2, 0.25) is 0 Å². The van der Waals surface area contributed by atoms with Crippen LogP contribution in [0.1, 0.15) is 59.4 Å². The Kier molecular flexibility index (Phi) is 5.64. The Morgan fingerprint density at radius 2 is 1.89 bits per heavy atom. The highest BCUT2D eigenvalue weighted by Gasteiger charge is 2.13. The van der Waals surface area contributed by atoms with Crippen molar-refractivity contribution in [1.29, 1.82) is 0 Å². The van der Waals surface area contributed by atoms with E-state index in [0.29, 0.717) is 0 Å². The molecular formula is C16H28N2. The van der Waals surface area contributed by atoms with Crippen molar-refractivity contribution in [3.8, 4) is 0 Å². The molecule has 0 unspecified atom stereocenters. The number of pyridine rings is 1. The molecule has 2 nitrogen and oxygen atoms in total. The second kappa shape index (κ2) is 6.77. The summed E-state index contributed by atoms with van der Waals surface area (Å²) in [6.45, 7) is 12.2. The van der Waals surface area contributed by atoms with Gasteiger partial charge in [-0.2, -0.15) is 0 Å². The lowest BCUT2D eigenvalue weighted by Gasteiger charge is -2.18. The van der Waals surface area contributed by atoms with Crippen molar-refractivity contribution in [3.05, 3.63) is 23.9 Å². The minimum Gasteiger partial charge on any atom is -0.370 e. The van der Waals surface area contributed by atoms with Gasteiger partial charge in [0.15, 0.2) is 0 Å². The van der Waals surface area contributed by atoms with E-state index < -0.39 is 0 Å². The largest absolute Gasteiger partial charge is 0.370 e. The molecule has 1 N–H and O–H groups in total. The van der Waals surface area contributed by atoms with Crippen molar-refractivity contribution in [2.24, 2.45) is 5.92 Å². The zero-order valence-electron chi connectivity index (χ0n) is 12.6. The third-order valence-electron chi connectivity index (χ3n) is 3.14. The first-order valence-corrected chi connectivity index (χ1v) is 7.10. The number of hydrogen-bond acceptors (Lipinski definition) is 2. The smallest absolute Gasteiger partial charge is 0.125 e. The SMILES string of the molecule is CC(C)CCCCNc1ccc(C(C)(C)C)cn1. The summed E-state index contributed by atoms with van der Waals surface area (Å²) >= 11 is 0. The van der Waals surface area contributed by atoms with E-state index in [4.69, 9.17) is 0 Å². The monoisotopic (exact) mass is 248 g/mol. The van der Waals surface area contributed by atoms with Crippen LogP contribution in [-0.4, -0.2) is 11.5 Å². The van der Waals surface area contributed by atoms with Crippen LogP contribution < -0.4 is 5.32 Å². The van der Waals surface area contributed by atoms with E-state index in [1.165, 1.54) is 24.8 Å². The predicted molar refractivity (Wildman–Crippen MR) is 80.1 cm³/mol. The maximum absolute atomic E-state index is 4.47. The van der Waals surface area contributed by atoms with Crippen LogP contribution in [-0.2, 0) is 5.41 Å². The van der Waals surface area contributed by atoms with Crippen LogP contribution in [0, 0.1) is 5.92 Å². The molecule has 0 saturated heterocycles. The fourth-order valence-electron chi connectivity index (χ4n) is 1.84. The molecule has 0 amide bonds. The Morgan fingerprint density at radius 3 is 2.39 bits per heavy atom. The van der Waals surface area contributed by atoms with Crippen molar-refractivity contribution in [2.75, 3.05) is 11.9 Å².